The van der Waals surface area contributed by atoms with Crippen LogP contribution in [0.5, 0.6) is 0 Å². The van der Waals surface area contributed by atoms with E-state index in [1.807, 2.05) is 25.1 Å². The highest BCUT2D eigenvalue weighted by atomic mass is 32.2. The van der Waals surface area contributed by atoms with Gasteiger partial charge in [-0.25, -0.2) is 17.2 Å². The molecule has 0 aliphatic rings. The molecule has 0 heterocycles. The average Bonchev–Trinajstić information content (AvgIpc) is 2.66. The molecule has 0 bridgehead atoms. The maximum Gasteiger partial charge on any atom is 0.182 e. The predicted octanol–water partition coefficient (Wildman–Crippen LogP) is 4.72. The minimum absolute atomic E-state index is 0.114. The molecule has 0 spiro atoms. The van der Waals surface area contributed by atoms with E-state index in [-0.39, 0.29) is 16.2 Å². The zero-order chi connectivity index (χ0) is 20.1. The molecule has 0 aromatic heterocycles. The number of hydrogen-bond acceptors (Lipinski definition) is 3. The van der Waals surface area contributed by atoms with Gasteiger partial charge in [0.2, 0.25) is 0 Å². The van der Waals surface area contributed by atoms with Gasteiger partial charge in [0.05, 0.1) is 10.6 Å². The first-order valence-corrected chi connectivity index (χ1v) is 10.6. The topological polar surface area (TPSA) is 46.2 Å². The SMILES string of the molecule is CCNCc1cccc(CS(=O)(=O)c2ccc(-c3ccc(F)cc3F)cc2)c1. The van der Waals surface area contributed by atoms with Crippen molar-refractivity contribution in [3.05, 3.63) is 89.5 Å². The molecule has 0 radical (unpaired) electrons. The van der Waals surface area contributed by atoms with Gasteiger partial charge in [0, 0.05) is 18.2 Å². The summed E-state index contributed by atoms with van der Waals surface area (Å²) in [6.45, 7) is 3.53. The second kappa shape index (κ2) is 8.63. The van der Waals surface area contributed by atoms with Crippen molar-refractivity contribution in [1.29, 1.82) is 0 Å². The Hall–Kier alpha value is -2.57. The Morgan fingerprint density at radius 1 is 0.893 bits per heavy atom. The first kappa shape index (κ1) is 20.2. The number of rotatable bonds is 7. The highest BCUT2D eigenvalue weighted by molar-refractivity contribution is 7.90. The molecule has 0 saturated carbocycles. The summed E-state index contributed by atoms with van der Waals surface area (Å²) in [5, 5.41) is 3.21. The van der Waals surface area contributed by atoms with Crippen molar-refractivity contribution < 1.29 is 17.2 Å². The summed E-state index contributed by atoms with van der Waals surface area (Å²) < 4.78 is 52.5. The molecule has 0 unspecified atom stereocenters. The molecule has 28 heavy (non-hydrogen) atoms. The lowest BCUT2D eigenvalue weighted by atomic mass is 10.1. The van der Waals surface area contributed by atoms with Crippen LogP contribution in [0.4, 0.5) is 8.78 Å². The predicted molar refractivity (Wildman–Crippen MR) is 107 cm³/mol. The third-order valence-electron chi connectivity index (χ3n) is 4.38. The van der Waals surface area contributed by atoms with Gasteiger partial charge in [-0.05, 0) is 47.5 Å². The van der Waals surface area contributed by atoms with E-state index in [0.29, 0.717) is 17.7 Å². The normalized spacial score (nSPS) is 11.5. The van der Waals surface area contributed by atoms with Gasteiger partial charge in [-0.1, -0.05) is 43.3 Å². The van der Waals surface area contributed by atoms with Crippen molar-refractivity contribution in [2.45, 2.75) is 24.1 Å². The zero-order valence-corrected chi connectivity index (χ0v) is 16.3. The summed E-state index contributed by atoms with van der Waals surface area (Å²) in [6.07, 6.45) is 0. The third kappa shape index (κ3) is 4.82. The Bertz CT molecular complexity index is 1060. The molecule has 0 atom stereocenters. The fraction of sp³-hybridized carbons (Fsp3) is 0.182. The summed E-state index contributed by atoms with van der Waals surface area (Å²) in [4.78, 5) is 0.163. The molecule has 0 saturated heterocycles. The van der Waals surface area contributed by atoms with E-state index in [1.165, 1.54) is 36.4 Å². The molecule has 3 rings (SSSR count). The Morgan fingerprint density at radius 2 is 1.61 bits per heavy atom. The van der Waals surface area contributed by atoms with Gasteiger partial charge in [-0.2, -0.15) is 0 Å². The molecular formula is C22H21F2NO2S. The van der Waals surface area contributed by atoms with Gasteiger partial charge in [-0.15, -0.1) is 0 Å². The van der Waals surface area contributed by atoms with Crippen LogP contribution in [0.15, 0.2) is 71.6 Å². The average molecular weight is 401 g/mol. The fourth-order valence-electron chi connectivity index (χ4n) is 2.97. The molecule has 0 amide bonds. The molecule has 1 N–H and O–H groups in total. The zero-order valence-electron chi connectivity index (χ0n) is 15.5. The summed E-state index contributed by atoms with van der Waals surface area (Å²) in [7, 11) is -3.54. The molecular weight excluding hydrogens is 380 g/mol. The van der Waals surface area contributed by atoms with Gasteiger partial charge in [0.1, 0.15) is 11.6 Å². The minimum atomic E-state index is -3.54. The third-order valence-corrected chi connectivity index (χ3v) is 6.09. The van der Waals surface area contributed by atoms with Crippen LogP contribution in [0, 0.1) is 11.6 Å². The Balaban J connectivity index is 1.81. The Morgan fingerprint density at radius 3 is 2.29 bits per heavy atom. The van der Waals surface area contributed by atoms with E-state index in [1.54, 1.807) is 6.07 Å². The molecule has 3 nitrogen and oxygen atoms in total. The van der Waals surface area contributed by atoms with Crippen molar-refractivity contribution in [2.24, 2.45) is 0 Å². The minimum Gasteiger partial charge on any atom is -0.313 e. The lowest BCUT2D eigenvalue weighted by molar-refractivity contribution is 0.585. The Labute approximate surface area is 164 Å². The highest BCUT2D eigenvalue weighted by Gasteiger charge is 2.16. The summed E-state index contributed by atoms with van der Waals surface area (Å²) in [6, 6.07) is 16.7. The molecule has 3 aromatic rings. The fourth-order valence-corrected chi connectivity index (χ4v) is 4.30. The molecule has 0 aliphatic carbocycles. The van der Waals surface area contributed by atoms with Gasteiger partial charge in [0.25, 0.3) is 0 Å². The van der Waals surface area contributed by atoms with Crippen molar-refractivity contribution in [2.75, 3.05) is 6.54 Å². The van der Waals surface area contributed by atoms with Crippen LogP contribution in [-0.4, -0.2) is 15.0 Å². The van der Waals surface area contributed by atoms with E-state index >= 15 is 0 Å². The summed E-state index contributed by atoms with van der Waals surface area (Å²) >= 11 is 0. The van der Waals surface area contributed by atoms with Crippen molar-refractivity contribution >= 4 is 9.84 Å². The molecule has 0 aliphatic heterocycles. The van der Waals surface area contributed by atoms with Crippen LogP contribution in [-0.2, 0) is 22.1 Å². The molecule has 0 fully saturated rings. The first-order valence-electron chi connectivity index (χ1n) is 8.96. The molecule has 6 heteroatoms. The molecule has 3 aromatic carbocycles. The quantitative estimate of drug-likeness (QED) is 0.623. The van der Waals surface area contributed by atoms with Crippen molar-refractivity contribution in [3.8, 4) is 11.1 Å². The van der Waals surface area contributed by atoms with Crippen LogP contribution >= 0.6 is 0 Å². The van der Waals surface area contributed by atoms with E-state index < -0.39 is 21.5 Å². The Kier molecular flexibility index (Phi) is 6.21. The van der Waals surface area contributed by atoms with Gasteiger partial charge < -0.3 is 5.32 Å². The highest BCUT2D eigenvalue weighted by Crippen LogP contribution is 2.26. The molecule has 146 valence electrons. The number of halogens is 2. The van der Waals surface area contributed by atoms with Crippen molar-refractivity contribution in [1.82, 2.24) is 5.32 Å². The van der Waals surface area contributed by atoms with Gasteiger partial charge in [0.15, 0.2) is 9.84 Å². The largest absolute Gasteiger partial charge is 0.313 e. The monoisotopic (exact) mass is 401 g/mol. The van der Waals surface area contributed by atoms with Crippen LogP contribution in [0.3, 0.4) is 0 Å². The summed E-state index contributed by atoms with van der Waals surface area (Å²) in [5.74, 6) is -1.46. The smallest absolute Gasteiger partial charge is 0.182 e. The number of hydrogen-bond donors (Lipinski definition) is 1. The second-order valence-corrected chi connectivity index (χ2v) is 8.50. The van der Waals surface area contributed by atoms with Crippen LogP contribution in [0.25, 0.3) is 11.1 Å². The maximum absolute atomic E-state index is 13.9. The lowest BCUT2D eigenvalue weighted by Gasteiger charge is -2.09. The van der Waals surface area contributed by atoms with Gasteiger partial charge in [-0.3, -0.25) is 0 Å². The van der Waals surface area contributed by atoms with E-state index in [0.717, 1.165) is 18.2 Å². The second-order valence-electron chi connectivity index (χ2n) is 6.51. The summed E-state index contributed by atoms with van der Waals surface area (Å²) in [5.41, 5.74) is 2.45. The van der Waals surface area contributed by atoms with E-state index in [9.17, 15) is 17.2 Å². The van der Waals surface area contributed by atoms with E-state index in [2.05, 4.69) is 5.32 Å². The van der Waals surface area contributed by atoms with E-state index in [4.69, 9.17) is 0 Å². The maximum atomic E-state index is 13.9. The number of nitrogens with one attached hydrogen (secondary N) is 1. The lowest BCUT2D eigenvalue weighted by Crippen LogP contribution is -2.12. The number of sulfone groups is 1. The first-order chi connectivity index (χ1) is 13.4. The standard InChI is InChI=1S/C22H21F2NO2S/c1-2-25-14-16-4-3-5-17(12-16)15-28(26,27)20-9-6-18(7-10-20)21-11-8-19(23)13-22(21)24/h3-13,25H,2,14-15H2,1H3. The van der Waals surface area contributed by atoms with Crippen LogP contribution in [0.2, 0.25) is 0 Å². The number of benzene rings is 3. The van der Waals surface area contributed by atoms with Crippen LogP contribution < -0.4 is 5.32 Å². The van der Waals surface area contributed by atoms with Crippen molar-refractivity contribution in [3.63, 3.8) is 0 Å². The van der Waals surface area contributed by atoms with Crippen LogP contribution in [0.1, 0.15) is 18.1 Å². The van der Waals surface area contributed by atoms with Gasteiger partial charge >= 0.3 is 0 Å².